The number of halogens is 1. The molecule has 6 heteroatoms. The third-order valence-corrected chi connectivity index (χ3v) is 4.58. The molecule has 0 unspecified atom stereocenters. The van der Waals surface area contributed by atoms with Crippen LogP contribution >= 0.6 is 27.7 Å². The average Bonchev–Trinajstić information content (AvgIpc) is 3.03. The van der Waals surface area contributed by atoms with Gasteiger partial charge in [0, 0.05) is 10.2 Å². The fourth-order valence-electron chi connectivity index (χ4n) is 1.97. The van der Waals surface area contributed by atoms with Gasteiger partial charge in [0.25, 0.3) is 5.22 Å². The molecule has 0 radical (unpaired) electrons. The predicted octanol–water partition coefficient (Wildman–Crippen LogP) is 4.59. The molecule has 2 aromatic carbocycles. The molecule has 0 aliphatic carbocycles. The minimum absolute atomic E-state index is 0.557. The Morgan fingerprint density at radius 1 is 1.00 bits per heavy atom. The maximum atomic E-state index is 8.78. The topological polar surface area (TPSA) is 62.7 Å². The number of thioether (sulfide) groups is 1. The van der Waals surface area contributed by atoms with Crippen molar-refractivity contribution >= 4 is 27.7 Å². The van der Waals surface area contributed by atoms with Gasteiger partial charge in [-0.05, 0) is 35.4 Å². The van der Waals surface area contributed by atoms with E-state index in [0.717, 1.165) is 21.4 Å². The Bertz CT molecular complexity index is 822. The fraction of sp³-hybridized carbons (Fsp3) is 0.118. The van der Waals surface area contributed by atoms with Crippen molar-refractivity contribution in [1.29, 1.82) is 5.26 Å². The van der Waals surface area contributed by atoms with Crippen molar-refractivity contribution in [3.63, 3.8) is 0 Å². The van der Waals surface area contributed by atoms with Gasteiger partial charge in [0.15, 0.2) is 0 Å². The molecule has 1 aromatic heterocycles. The number of nitrogens with zero attached hydrogens (tertiary/aromatic N) is 3. The summed E-state index contributed by atoms with van der Waals surface area (Å²) in [6, 6.07) is 17.6. The summed E-state index contributed by atoms with van der Waals surface area (Å²) in [7, 11) is 0. The van der Waals surface area contributed by atoms with E-state index in [2.05, 4.69) is 32.2 Å². The van der Waals surface area contributed by atoms with E-state index >= 15 is 0 Å². The largest absolute Gasteiger partial charge is 0.416 e. The molecule has 1 heterocycles. The summed E-state index contributed by atoms with van der Waals surface area (Å²) in [6.45, 7) is 0. The Balaban J connectivity index is 1.58. The summed E-state index contributed by atoms with van der Waals surface area (Å²) >= 11 is 4.90. The second kappa shape index (κ2) is 7.44. The van der Waals surface area contributed by atoms with Crippen LogP contribution < -0.4 is 0 Å². The molecule has 3 rings (SSSR count). The standard InChI is InChI=1S/C17H12BrN3OS/c18-15-7-5-12(6-8-15)9-16-20-21-17(22-16)23-11-14-3-1-13(10-19)2-4-14/h1-8H,9,11H2. The molecule has 114 valence electrons. The summed E-state index contributed by atoms with van der Waals surface area (Å²) in [6.07, 6.45) is 0.623. The van der Waals surface area contributed by atoms with Crippen molar-refractivity contribution in [3.05, 3.63) is 75.6 Å². The summed E-state index contributed by atoms with van der Waals surface area (Å²) in [5, 5.41) is 17.5. The minimum Gasteiger partial charge on any atom is -0.416 e. The van der Waals surface area contributed by atoms with E-state index < -0.39 is 0 Å². The molecule has 0 saturated carbocycles. The maximum Gasteiger partial charge on any atom is 0.276 e. The molecule has 0 saturated heterocycles. The van der Waals surface area contributed by atoms with E-state index in [1.54, 1.807) is 0 Å². The van der Waals surface area contributed by atoms with Gasteiger partial charge in [-0.3, -0.25) is 0 Å². The van der Waals surface area contributed by atoms with Crippen molar-refractivity contribution in [2.45, 2.75) is 17.4 Å². The third-order valence-electron chi connectivity index (χ3n) is 3.16. The average molecular weight is 386 g/mol. The zero-order chi connectivity index (χ0) is 16.1. The second-order valence-corrected chi connectivity index (χ2v) is 6.70. The van der Waals surface area contributed by atoms with Crippen LogP contribution in [0.1, 0.15) is 22.6 Å². The van der Waals surface area contributed by atoms with Gasteiger partial charge in [-0.25, -0.2) is 0 Å². The number of hydrogen-bond acceptors (Lipinski definition) is 5. The number of nitriles is 1. The van der Waals surface area contributed by atoms with Crippen LogP contribution in [0.2, 0.25) is 0 Å². The Morgan fingerprint density at radius 3 is 2.39 bits per heavy atom. The monoisotopic (exact) mass is 385 g/mol. The highest BCUT2D eigenvalue weighted by molar-refractivity contribution is 9.10. The Hall–Kier alpha value is -2.10. The molecule has 0 atom stereocenters. The number of rotatable bonds is 5. The lowest BCUT2D eigenvalue weighted by atomic mass is 10.2. The van der Waals surface area contributed by atoms with Crippen molar-refractivity contribution in [3.8, 4) is 6.07 Å². The van der Waals surface area contributed by atoms with Gasteiger partial charge >= 0.3 is 0 Å². The van der Waals surface area contributed by atoms with Gasteiger partial charge in [-0.2, -0.15) is 5.26 Å². The van der Waals surface area contributed by atoms with Gasteiger partial charge in [-0.1, -0.05) is 52.0 Å². The lowest BCUT2D eigenvalue weighted by molar-refractivity contribution is 0.420. The van der Waals surface area contributed by atoms with Crippen molar-refractivity contribution < 1.29 is 4.42 Å². The van der Waals surface area contributed by atoms with Gasteiger partial charge in [0.1, 0.15) is 0 Å². The third kappa shape index (κ3) is 4.44. The number of aromatic nitrogens is 2. The SMILES string of the molecule is N#Cc1ccc(CSc2nnc(Cc3ccc(Br)cc3)o2)cc1. The molecule has 23 heavy (non-hydrogen) atoms. The quantitative estimate of drug-likeness (QED) is 0.601. The molecule has 3 aromatic rings. The lowest BCUT2D eigenvalue weighted by Crippen LogP contribution is -1.87. The summed E-state index contributed by atoms with van der Waals surface area (Å²) in [5.41, 5.74) is 2.90. The Labute approximate surface area is 146 Å². The Kier molecular flexibility index (Phi) is 5.11. The van der Waals surface area contributed by atoms with Crippen LogP contribution in [0.15, 0.2) is 62.6 Å². The molecule has 0 spiro atoms. The molecule has 4 nitrogen and oxygen atoms in total. The van der Waals surface area contributed by atoms with Gasteiger partial charge in [-0.15, -0.1) is 10.2 Å². The first-order valence-corrected chi connectivity index (χ1v) is 8.69. The van der Waals surface area contributed by atoms with E-state index in [1.165, 1.54) is 11.8 Å². The summed E-state index contributed by atoms with van der Waals surface area (Å²) in [5.74, 6) is 1.33. The first-order valence-electron chi connectivity index (χ1n) is 6.91. The molecule has 0 fully saturated rings. The van der Waals surface area contributed by atoms with E-state index in [9.17, 15) is 0 Å². The molecule has 0 bridgehead atoms. The molecule has 0 aliphatic rings. The smallest absolute Gasteiger partial charge is 0.276 e. The van der Waals surface area contributed by atoms with E-state index in [-0.39, 0.29) is 0 Å². The van der Waals surface area contributed by atoms with Gasteiger partial charge in [0.05, 0.1) is 18.1 Å². The molecule has 0 amide bonds. The zero-order valence-electron chi connectivity index (χ0n) is 12.1. The minimum atomic E-state index is 0.557. The first kappa shape index (κ1) is 15.8. The molecular formula is C17H12BrN3OS. The van der Waals surface area contributed by atoms with Crippen LogP contribution in [0.25, 0.3) is 0 Å². The fourth-order valence-corrected chi connectivity index (χ4v) is 2.97. The van der Waals surface area contributed by atoms with Crippen LogP contribution in [0, 0.1) is 11.3 Å². The Morgan fingerprint density at radius 2 is 1.70 bits per heavy atom. The van der Waals surface area contributed by atoms with Crippen molar-refractivity contribution in [2.24, 2.45) is 0 Å². The highest BCUT2D eigenvalue weighted by Crippen LogP contribution is 2.22. The van der Waals surface area contributed by atoms with Gasteiger partial charge in [0.2, 0.25) is 5.89 Å². The normalized spacial score (nSPS) is 10.4. The van der Waals surface area contributed by atoms with Crippen LogP contribution in [-0.4, -0.2) is 10.2 Å². The lowest BCUT2D eigenvalue weighted by Gasteiger charge is -1.98. The van der Waals surface area contributed by atoms with Crippen LogP contribution in [0.4, 0.5) is 0 Å². The highest BCUT2D eigenvalue weighted by Gasteiger charge is 2.08. The first-order chi connectivity index (χ1) is 11.2. The van der Waals surface area contributed by atoms with Crippen molar-refractivity contribution in [1.82, 2.24) is 10.2 Å². The summed E-state index contributed by atoms with van der Waals surface area (Å²) < 4.78 is 6.71. The zero-order valence-corrected chi connectivity index (χ0v) is 14.5. The maximum absolute atomic E-state index is 8.78. The number of benzene rings is 2. The van der Waals surface area contributed by atoms with Crippen LogP contribution in [0.5, 0.6) is 0 Å². The van der Waals surface area contributed by atoms with E-state index in [0.29, 0.717) is 23.1 Å². The molecule has 0 N–H and O–H groups in total. The second-order valence-electron chi connectivity index (χ2n) is 4.86. The van der Waals surface area contributed by atoms with E-state index in [1.807, 2.05) is 48.5 Å². The molecular weight excluding hydrogens is 374 g/mol. The van der Waals surface area contributed by atoms with Crippen LogP contribution in [0.3, 0.4) is 0 Å². The molecule has 0 aliphatic heterocycles. The van der Waals surface area contributed by atoms with Crippen LogP contribution in [-0.2, 0) is 12.2 Å². The predicted molar refractivity (Wildman–Crippen MR) is 92.0 cm³/mol. The van der Waals surface area contributed by atoms with Crippen molar-refractivity contribution in [2.75, 3.05) is 0 Å². The number of hydrogen-bond donors (Lipinski definition) is 0. The summed E-state index contributed by atoms with van der Waals surface area (Å²) in [4.78, 5) is 0. The van der Waals surface area contributed by atoms with E-state index in [4.69, 9.17) is 9.68 Å². The highest BCUT2D eigenvalue weighted by atomic mass is 79.9. The van der Waals surface area contributed by atoms with Gasteiger partial charge < -0.3 is 4.42 Å².